The summed E-state index contributed by atoms with van der Waals surface area (Å²) in [5.41, 5.74) is 4.08. The third kappa shape index (κ3) is 4.60. The zero-order chi connectivity index (χ0) is 18.4. The van der Waals surface area contributed by atoms with Crippen molar-refractivity contribution in [1.82, 2.24) is 4.98 Å². The zero-order valence-electron chi connectivity index (χ0n) is 14.8. The van der Waals surface area contributed by atoms with Crippen LogP contribution in [0.25, 0.3) is 0 Å². The summed E-state index contributed by atoms with van der Waals surface area (Å²) in [7, 11) is 0. The van der Waals surface area contributed by atoms with Crippen molar-refractivity contribution in [1.29, 1.82) is 0 Å². The number of pyridine rings is 1. The van der Waals surface area contributed by atoms with Crippen molar-refractivity contribution in [3.8, 4) is 5.75 Å². The number of carbonyl (C=O) groups excluding carboxylic acids is 1. The van der Waals surface area contributed by atoms with Crippen LogP contribution in [0.4, 0.5) is 17.1 Å². The SMILES string of the molecule is CCOc1ccc(NC(=O)c2cncc(Nc3ccc(C)cc3)c2)cc1. The lowest BCUT2D eigenvalue weighted by molar-refractivity contribution is 0.102. The van der Waals surface area contributed by atoms with Crippen LogP contribution in [-0.2, 0) is 0 Å². The molecule has 0 aliphatic heterocycles. The summed E-state index contributed by atoms with van der Waals surface area (Å²) in [6.45, 7) is 4.58. The van der Waals surface area contributed by atoms with Gasteiger partial charge in [-0.3, -0.25) is 9.78 Å². The molecule has 2 aromatic carbocycles. The third-order valence-corrected chi connectivity index (χ3v) is 3.76. The van der Waals surface area contributed by atoms with Crippen molar-refractivity contribution in [2.75, 3.05) is 17.2 Å². The summed E-state index contributed by atoms with van der Waals surface area (Å²) < 4.78 is 5.40. The monoisotopic (exact) mass is 347 g/mol. The largest absolute Gasteiger partial charge is 0.494 e. The van der Waals surface area contributed by atoms with Gasteiger partial charge in [-0.1, -0.05) is 17.7 Å². The molecule has 1 amide bonds. The predicted molar refractivity (Wildman–Crippen MR) is 104 cm³/mol. The van der Waals surface area contributed by atoms with Crippen molar-refractivity contribution >= 4 is 23.0 Å². The van der Waals surface area contributed by atoms with E-state index in [2.05, 4.69) is 15.6 Å². The molecule has 0 fully saturated rings. The fraction of sp³-hybridized carbons (Fsp3) is 0.143. The Morgan fingerprint density at radius 1 is 0.962 bits per heavy atom. The molecule has 3 rings (SSSR count). The molecule has 5 heteroatoms. The average molecular weight is 347 g/mol. The molecule has 3 aromatic rings. The Labute approximate surface area is 153 Å². The summed E-state index contributed by atoms with van der Waals surface area (Å²) in [5, 5.41) is 6.12. The van der Waals surface area contributed by atoms with Crippen LogP contribution in [0.2, 0.25) is 0 Å². The van der Waals surface area contributed by atoms with Gasteiger partial charge < -0.3 is 15.4 Å². The van der Waals surface area contributed by atoms with Gasteiger partial charge in [-0.25, -0.2) is 0 Å². The number of aromatic nitrogens is 1. The van der Waals surface area contributed by atoms with Crippen molar-refractivity contribution in [2.24, 2.45) is 0 Å². The lowest BCUT2D eigenvalue weighted by atomic mass is 10.2. The number of benzene rings is 2. The Bertz CT molecular complexity index is 875. The van der Waals surface area contributed by atoms with E-state index in [1.54, 1.807) is 18.5 Å². The van der Waals surface area contributed by atoms with Gasteiger partial charge in [0, 0.05) is 17.6 Å². The maximum absolute atomic E-state index is 12.5. The number of ether oxygens (including phenoxy) is 1. The summed E-state index contributed by atoms with van der Waals surface area (Å²) in [6.07, 6.45) is 3.23. The van der Waals surface area contributed by atoms with Gasteiger partial charge in [-0.05, 0) is 56.3 Å². The molecule has 0 aliphatic carbocycles. The molecule has 0 saturated carbocycles. The molecule has 2 N–H and O–H groups in total. The van der Waals surface area contributed by atoms with Crippen molar-refractivity contribution < 1.29 is 9.53 Å². The van der Waals surface area contributed by atoms with E-state index >= 15 is 0 Å². The van der Waals surface area contributed by atoms with Gasteiger partial charge >= 0.3 is 0 Å². The number of hydrogen-bond acceptors (Lipinski definition) is 4. The van der Waals surface area contributed by atoms with Crippen LogP contribution in [0.5, 0.6) is 5.75 Å². The molecule has 0 bridgehead atoms. The number of anilines is 3. The van der Waals surface area contributed by atoms with Gasteiger partial charge in [0.15, 0.2) is 0 Å². The fourth-order valence-corrected chi connectivity index (χ4v) is 2.44. The van der Waals surface area contributed by atoms with Crippen LogP contribution >= 0.6 is 0 Å². The first-order valence-corrected chi connectivity index (χ1v) is 8.47. The molecule has 0 atom stereocenters. The summed E-state index contributed by atoms with van der Waals surface area (Å²) in [5.74, 6) is 0.561. The van der Waals surface area contributed by atoms with E-state index in [-0.39, 0.29) is 5.91 Å². The van der Waals surface area contributed by atoms with Crippen molar-refractivity contribution in [3.05, 3.63) is 78.1 Å². The van der Waals surface area contributed by atoms with E-state index < -0.39 is 0 Å². The number of amides is 1. The molecular weight excluding hydrogens is 326 g/mol. The Kier molecular flexibility index (Phi) is 5.49. The van der Waals surface area contributed by atoms with Gasteiger partial charge in [0.05, 0.1) is 24.1 Å². The van der Waals surface area contributed by atoms with E-state index in [1.807, 2.05) is 62.4 Å². The van der Waals surface area contributed by atoms with E-state index in [1.165, 1.54) is 5.56 Å². The Morgan fingerprint density at radius 2 is 1.65 bits per heavy atom. The number of rotatable bonds is 6. The van der Waals surface area contributed by atoms with E-state index in [0.29, 0.717) is 17.9 Å². The van der Waals surface area contributed by atoms with Crippen LogP contribution in [0.3, 0.4) is 0 Å². The molecule has 132 valence electrons. The maximum atomic E-state index is 12.5. The van der Waals surface area contributed by atoms with E-state index in [0.717, 1.165) is 17.1 Å². The van der Waals surface area contributed by atoms with E-state index in [4.69, 9.17) is 4.74 Å². The summed E-state index contributed by atoms with van der Waals surface area (Å²) >= 11 is 0. The second kappa shape index (κ2) is 8.16. The first kappa shape index (κ1) is 17.5. The first-order chi connectivity index (χ1) is 12.6. The van der Waals surface area contributed by atoms with Gasteiger partial charge in [-0.15, -0.1) is 0 Å². The molecule has 26 heavy (non-hydrogen) atoms. The number of carbonyl (C=O) groups is 1. The topological polar surface area (TPSA) is 63.2 Å². The molecular formula is C21H21N3O2. The van der Waals surface area contributed by atoms with Crippen LogP contribution in [-0.4, -0.2) is 17.5 Å². The highest BCUT2D eigenvalue weighted by Crippen LogP contribution is 2.19. The van der Waals surface area contributed by atoms with E-state index in [9.17, 15) is 4.79 Å². The molecule has 0 aliphatic rings. The second-order valence-corrected chi connectivity index (χ2v) is 5.86. The Morgan fingerprint density at radius 3 is 2.35 bits per heavy atom. The molecule has 1 aromatic heterocycles. The van der Waals surface area contributed by atoms with Crippen LogP contribution in [0, 0.1) is 6.92 Å². The third-order valence-electron chi connectivity index (χ3n) is 3.76. The quantitative estimate of drug-likeness (QED) is 0.673. The first-order valence-electron chi connectivity index (χ1n) is 8.47. The smallest absolute Gasteiger partial charge is 0.257 e. The van der Waals surface area contributed by atoms with Crippen molar-refractivity contribution in [3.63, 3.8) is 0 Å². The number of nitrogens with zero attached hydrogens (tertiary/aromatic N) is 1. The van der Waals surface area contributed by atoms with Gasteiger partial charge in [-0.2, -0.15) is 0 Å². The maximum Gasteiger partial charge on any atom is 0.257 e. The van der Waals surface area contributed by atoms with Gasteiger partial charge in [0.25, 0.3) is 5.91 Å². The minimum absolute atomic E-state index is 0.214. The highest BCUT2D eigenvalue weighted by atomic mass is 16.5. The average Bonchev–Trinajstić information content (AvgIpc) is 2.66. The van der Waals surface area contributed by atoms with Crippen LogP contribution in [0.1, 0.15) is 22.8 Å². The number of nitrogens with one attached hydrogen (secondary N) is 2. The normalized spacial score (nSPS) is 10.2. The van der Waals surface area contributed by atoms with Crippen LogP contribution < -0.4 is 15.4 Å². The Hall–Kier alpha value is -3.34. The highest BCUT2D eigenvalue weighted by molar-refractivity contribution is 6.04. The minimum atomic E-state index is -0.214. The second-order valence-electron chi connectivity index (χ2n) is 5.86. The lowest BCUT2D eigenvalue weighted by Crippen LogP contribution is -2.12. The van der Waals surface area contributed by atoms with Crippen molar-refractivity contribution in [2.45, 2.75) is 13.8 Å². The summed E-state index contributed by atoms with van der Waals surface area (Å²) in [6, 6.07) is 17.1. The van der Waals surface area contributed by atoms with Gasteiger partial charge in [0.1, 0.15) is 5.75 Å². The van der Waals surface area contributed by atoms with Gasteiger partial charge in [0.2, 0.25) is 0 Å². The lowest BCUT2D eigenvalue weighted by Gasteiger charge is -2.09. The molecule has 0 radical (unpaired) electrons. The Balaban J connectivity index is 1.68. The highest BCUT2D eigenvalue weighted by Gasteiger charge is 2.08. The summed E-state index contributed by atoms with van der Waals surface area (Å²) in [4.78, 5) is 16.6. The number of aryl methyl sites for hydroxylation is 1. The molecule has 0 saturated heterocycles. The zero-order valence-corrected chi connectivity index (χ0v) is 14.8. The molecule has 0 spiro atoms. The molecule has 5 nitrogen and oxygen atoms in total. The predicted octanol–water partition coefficient (Wildman–Crippen LogP) is 4.78. The molecule has 0 unspecified atom stereocenters. The molecule has 1 heterocycles. The standard InChI is InChI=1S/C21H21N3O2/c1-3-26-20-10-8-18(9-11-20)24-21(25)16-12-19(14-22-13-16)23-17-6-4-15(2)5-7-17/h4-14,23H,3H2,1-2H3,(H,24,25). The number of hydrogen-bond donors (Lipinski definition) is 2. The van der Waals surface area contributed by atoms with Crippen LogP contribution in [0.15, 0.2) is 67.0 Å². The fourth-order valence-electron chi connectivity index (χ4n) is 2.44. The minimum Gasteiger partial charge on any atom is -0.494 e.